The molecule has 8 nitrogen and oxygen atoms in total. The Hall–Kier alpha value is -7.03. The van der Waals surface area contributed by atoms with Crippen LogP contribution in [0.15, 0.2) is 299 Å². The van der Waals surface area contributed by atoms with Crippen molar-refractivity contribution in [1.29, 1.82) is 0 Å². The van der Waals surface area contributed by atoms with Gasteiger partial charge in [-0.2, -0.15) is 0 Å². The highest BCUT2D eigenvalue weighted by molar-refractivity contribution is 7.97. The van der Waals surface area contributed by atoms with Gasteiger partial charge in [-0.25, -0.2) is 0 Å². The van der Waals surface area contributed by atoms with Crippen LogP contribution in [0.25, 0.3) is 0 Å². The number of likely N-dealkylation sites (N-methyl/N-ethyl adjacent to an activating group) is 1. The Kier molecular flexibility index (Phi) is 25.9. The first kappa shape index (κ1) is 65.0. The Morgan fingerprint density at radius 3 is 1.14 bits per heavy atom. The van der Waals surface area contributed by atoms with Gasteiger partial charge in [-0.05, 0) is 167 Å². The molecule has 1 fully saturated rings. The molecule has 444 valence electrons. The lowest BCUT2D eigenvalue weighted by Crippen LogP contribution is -2.38. The fourth-order valence-corrected chi connectivity index (χ4v) is 16.4. The lowest BCUT2D eigenvalue weighted by Gasteiger charge is -2.26. The van der Waals surface area contributed by atoms with Crippen LogP contribution in [-0.4, -0.2) is 105 Å². The molecule has 0 spiro atoms. The fraction of sp³-hybridized carbons (Fsp3) is 0.253. The van der Waals surface area contributed by atoms with E-state index >= 15 is 0 Å². The monoisotopic (exact) mass is 1200 g/mol. The van der Waals surface area contributed by atoms with Crippen LogP contribution in [0.4, 0.5) is 0 Å². The average Bonchev–Trinajstić information content (AvgIpc) is 4.10. The van der Waals surface area contributed by atoms with Gasteiger partial charge in [0.05, 0.1) is 59.1 Å². The van der Waals surface area contributed by atoms with Crippen LogP contribution < -0.4 is 0 Å². The zero-order chi connectivity index (χ0) is 60.5. The minimum absolute atomic E-state index is 0.00283. The highest BCUT2D eigenvalue weighted by Gasteiger charge is 2.33. The Bertz CT molecular complexity index is 3270. The molecule has 0 radical (unpaired) electrons. The minimum atomic E-state index is -0.324. The third-order valence-corrected chi connectivity index (χ3v) is 21.5. The Balaban J connectivity index is 0.000000168. The molecular formula is C75H84N3O5S3+3. The number of nitrogens with zero attached hydrogens (tertiary/aromatic N) is 3. The average molecular weight is 1200 g/mol. The molecular weight excluding hydrogens is 1120 g/mol. The molecule has 1 aliphatic heterocycles. The van der Waals surface area contributed by atoms with E-state index in [-0.39, 0.29) is 57.0 Å². The molecule has 1 heterocycles. The van der Waals surface area contributed by atoms with E-state index in [9.17, 15) is 9.59 Å². The van der Waals surface area contributed by atoms with Crippen molar-refractivity contribution in [2.24, 2.45) is 0 Å². The summed E-state index contributed by atoms with van der Waals surface area (Å²) in [4.78, 5) is 43.0. The first-order valence-electron chi connectivity index (χ1n) is 29.7. The summed E-state index contributed by atoms with van der Waals surface area (Å²) in [6, 6.07) is 90.9. The van der Waals surface area contributed by atoms with E-state index in [0.717, 1.165) is 44.3 Å². The van der Waals surface area contributed by atoms with Crippen LogP contribution in [0.5, 0.6) is 0 Å². The maximum atomic E-state index is 12.7. The molecule has 9 aromatic carbocycles. The largest absolute Gasteiger partial charge is 0.464 e. The normalized spacial score (nSPS) is 13.1. The number of ether oxygens (including phenoxy) is 3. The molecule has 0 N–H and O–H groups in total. The van der Waals surface area contributed by atoms with E-state index in [1.165, 1.54) is 50.3 Å². The summed E-state index contributed by atoms with van der Waals surface area (Å²) in [6.07, 6.45) is 0.637. The van der Waals surface area contributed by atoms with Crippen LogP contribution in [0, 0.1) is 0 Å². The van der Waals surface area contributed by atoms with Crippen molar-refractivity contribution in [2.75, 3.05) is 60.7 Å². The first-order valence-corrected chi connectivity index (χ1v) is 33.4. The molecule has 0 aromatic heterocycles. The molecule has 11 heteroatoms. The molecule has 1 aliphatic rings. The van der Waals surface area contributed by atoms with Gasteiger partial charge in [-0.3, -0.25) is 24.3 Å². The number of hydrogen-bond donors (Lipinski definition) is 0. The number of hydrogen-bond acceptors (Lipinski definition) is 8. The van der Waals surface area contributed by atoms with Gasteiger partial charge in [0.2, 0.25) is 0 Å². The number of rotatable bonds is 25. The number of methoxy groups -OCH3 is 2. The molecule has 86 heavy (non-hydrogen) atoms. The minimum Gasteiger partial charge on any atom is -0.464 e. The van der Waals surface area contributed by atoms with E-state index < -0.39 is 0 Å². The maximum absolute atomic E-state index is 12.7. The number of carbonyl (C=O) groups is 2. The molecule has 0 aliphatic carbocycles. The van der Waals surface area contributed by atoms with Crippen LogP contribution in [0.2, 0.25) is 0 Å². The molecule has 9 aromatic rings. The molecule has 1 unspecified atom stereocenters. The zero-order valence-electron chi connectivity index (χ0n) is 51.0. The molecule has 0 saturated carbocycles. The van der Waals surface area contributed by atoms with Gasteiger partial charge in [0.15, 0.2) is 49.8 Å². The molecule has 1 saturated heterocycles. The summed E-state index contributed by atoms with van der Waals surface area (Å²) in [5.41, 5.74) is 3.35. The lowest BCUT2D eigenvalue weighted by atomic mass is 10.1. The van der Waals surface area contributed by atoms with E-state index in [1.54, 1.807) is 26.2 Å². The second-order valence-electron chi connectivity index (χ2n) is 21.5. The summed E-state index contributed by atoms with van der Waals surface area (Å²) in [5, 5.41) is 0. The number of esters is 1. The van der Waals surface area contributed by atoms with E-state index in [4.69, 9.17) is 14.2 Å². The van der Waals surface area contributed by atoms with Crippen molar-refractivity contribution >= 4 is 44.4 Å². The van der Waals surface area contributed by atoms with Gasteiger partial charge in [-0.15, -0.1) is 0 Å². The second kappa shape index (κ2) is 34.3. The van der Waals surface area contributed by atoms with Crippen molar-refractivity contribution in [1.82, 2.24) is 14.7 Å². The number of Topliss-reactive ketones (excluding diaryl/α,β-unsaturated/α-hetero) is 1. The zero-order valence-corrected chi connectivity index (χ0v) is 53.4. The van der Waals surface area contributed by atoms with Crippen LogP contribution in [0.1, 0.15) is 55.6 Å². The summed E-state index contributed by atoms with van der Waals surface area (Å²) in [6.45, 7) is 14.9. The predicted molar refractivity (Wildman–Crippen MR) is 356 cm³/mol. The Morgan fingerprint density at radius 2 is 0.791 bits per heavy atom. The summed E-state index contributed by atoms with van der Waals surface area (Å²) in [5.74, 6) is -0.238. The highest BCUT2D eigenvalue weighted by atomic mass is 32.2. The topological polar surface area (TPSA) is 71.5 Å². The first-order chi connectivity index (χ1) is 42.0. The van der Waals surface area contributed by atoms with E-state index in [2.05, 4.69) is 256 Å². The molecule has 0 amide bonds. The van der Waals surface area contributed by atoms with Crippen molar-refractivity contribution in [2.45, 2.75) is 109 Å². The summed E-state index contributed by atoms with van der Waals surface area (Å²) in [7, 11) is 4.91. The standard InChI is InChI=1S/C25H24NO3S.2C25H30NOS/c1-26(23-16-17-29-25(23)28)18-24(27)19-12-14-22(15-13-19)30(20-8-4-2-5-9-20)21-10-6-3-7-11-21;1-21(2)26(17-18-27-3)20-22-11-10-16-25(19-22)28(23-12-6-4-7-13-23)24-14-8-5-9-15-24;1-21(2)26(18-19-27-3)20-22-14-16-25(17-15-22)28(23-10-6-4-7-11-23)24-12-8-5-9-13-24/h2-15,23H,16-18H2,1H3;4-16,19,21H,17-18,20H2,1-3H3;4-17,21H,18-20H2,1-3H3/q3*+1. The second-order valence-corrected chi connectivity index (χ2v) is 27.6. The fourth-order valence-electron chi connectivity index (χ4n) is 10.1. The van der Waals surface area contributed by atoms with E-state index in [1.807, 2.05) is 36.4 Å². The lowest BCUT2D eigenvalue weighted by molar-refractivity contribution is -0.141. The Morgan fingerprint density at radius 1 is 0.453 bits per heavy atom. The third kappa shape index (κ3) is 19.0. The quantitative estimate of drug-likeness (QED) is 0.0318. The van der Waals surface area contributed by atoms with Gasteiger partial charge in [0.25, 0.3) is 0 Å². The van der Waals surface area contributed by atoms with Crippen LogP contribution in [0.3, 0.4) is 0 Å². The number of carbonyl (C=O) groups excluding carboxylic acids is 2. The smallest absolute Gasteiger partial charge is 0.323 e. The summed E-state index contributed by atoms with van der Waals surface area (Å²) >= 11 is 0. The van der Waals surface area contributed by atoms with E-state index in [0.29, 0.717) is 30.7 Å². The van der Waals surface area contributed by atoms with Gasteiger partial charge in [-0.1, -0.05) is 133 Å². The summed E-state index contributed by atoms with van der Waals surface area (Å²) < 4.78 is 15.6. The van der Waals surface area contributed by atoms with Crippen LogP contribution in [-0.2, 0) is 64.8 Å². The molecule has 0 bridgehead atoms. The highest BCUT2D eigenvalue weighted by Crippen LogP contribution is 2.34. The van der Waals surface area contributed by atoms with Gasteiger partial charge in [0.1, 0.15) is 6.04 Å². The SMILES string of the molecule is CN(CC(=O)c1ccc([S+](c2ccccc2)c2ccccc2)cc1)C1CCOC1=O.COCCN(Cc1ccc([S+](c2ccccc2)c2ccccc2)cc1)C(C)C.COCCN(Cc1cccc([S+](c2ccccc2)c2ccccc2)c1)C(C)C. The predicted octanol–water partition coefficient (Wildman–Crippen LogP) is 15.5. The maximum Gasteiger partial charge on any atom is 0.323 e. The van der Waals surface area contributed by atoms with Crippen molar-refractivity contribution in [3.05, 3.63) is 271 Å². The molecule has 1 atom stereocenters. The Labute approximate surface area is 521 Å². The molecule has 10 rings (SSSR count). The van der Waals surface area contributed by atoms with Crippen molar-refractivity contribution < 1.29 is 23.8 Å². The van der Waals surface area contributed by atoms with Crippen molar-refractivity contribution in [3.8, 4) is 0 Å². The third-order valence-electron chi connectivity index (χ3n) is 14.8. The van der Waals surface area contributed by atoms with Gasteiger partial charge in [0, 0.05) is 64.5 Å². The number of ketones is 1. The van der Waals surface area contributed by atoms with Crippen LogP contribution >= 0.6 is 0 Å². The number of benzene rings is 9. The van der Waals surface area contributed by atoms with Gasteiger partial charge >= 0.3 is 5.97 Å². The van der Waals surface area contributed by atoms with Gasteiger partial charge < -0.3 is 14.2 Å². The number of cyclic esters (lactones) is 1. The van der Waals surface area contributed by atoms with Crippen molar-refractivity contribution in [3.63, 3.8) is 0 Å².